The first-order valence-corrected chi connectivity index (χ1v) is 10.7. The number of nitrogens with one attached hydrogen (secondary N) is 1. The van der Waals surface area contributed by atoms with Crippen LogP contribution in [0.25, 0.3) is 0 Å². The van der Waals surface area contributed by atoms with Crippen molar-refractivity contribution in [2.75, 3.05) is 24.7 Å². The Morgan fingerprint density at radius 2 is 1.65 bits per heavy atom. The average Bonchev–Trinajstić information content (AvgIpc) is 2.55. The van der Waals surface area contributed by atoms with Crippen LogP contribution >= 0.6 is 30.8 Å². The molecule has 0 aliphatic heterocycles. The molecule has 0 bridgehead atoms. The maximum absolute atomic E-state index is 12.9. The van der Waals surface area contributed by atoms with Crippen molar-refractivity contribution in [3.8, 4) is 0 Å². The zero-order valence-corrected chi connectivity index (χ0v) is 17.0. The molecule has 8 heteroatoms. The highest BCUT2D eigenvalue weighted by Crippen LogP contribution is 2.48. The van der Waals surface area contributed by atoms with Gasteiger partial charge in [0.15, 0.2) is 0 Å². The summed E-state index contributed by atoms with van der Waals surface area (Å²) in [5.74, 6) is 0.430. The summed E-state index contributed by atoms with van der Waals surface area (Å²) in [6.45, 7) is 4.09. The van der Waals surface area contributed by atoms with Crippen LogP contribution in [0.5, 0.6) is 0 Å². The lowest BCUT2D eigenvalue weighted by molar-refractivity contribution is 0.223. The molecule has 2 aromatic carbocycles. The first kappa shape index (κ1) is 20.9. The van der Waals surface area contributed by atoms with E-state index < -0.39 is 7.60 Å². The Morgan fingerprint density at radius 3 is 2.23 bits per heavy atom. The fraction of sp³-hybridized carbons (Fsp3) is 0.278. The van der Waals surface area contributed by atoms with Gasteiger partial charge in [-0.1, -0.05) is 35.3 Å². The van der Waals surface area contributed by atoms with Gasteiger partial charge >= 0.3 is 7.60 Å². The Bertz CT molecular complexity index is 805. The fourth-order valence-corrected chi connectivity index (χ4v) is 4.18. The second kappa shape index (κ2) is 10.1. The molecule has 0 heterocycles. The van der Waals surface area contributed by atoms with Crippen molar-refractivity contribution in [3.05, 3.63) is 58.6 Å². The summed E-state index contributed by atoms with van der Waals surface area (Å²) in [6.07, 6.45) is -0.00624. The molecule has 0 radical (unpaired) electrons. The van der Waals surface area contributed by atoms with E-state index in [1.54, 1.807) is 50.2 Å². The lowest BCUT2D eigenvalue weighted by atomic mass is 10.3. The lowest BCUT2D eigenvalue weighted by Crippen LogP contribution is -2.18. The van der Waals surface area contributed by atoms with E-state index >= 15 is 0 Å². The molecule has 140 valence electrons. The third-order valence-electron chi connectivity index (χ3n) is 3.18. The zero-order valence-electron chi connectivity index (χ0n) is 14.6. The Morgan fingerprint density at radius 1 is 1.04 bits per heavy atom. The quantitative estimate of drug-likeness (QED) is 0.308. The SMILES string of the molecule is CCOP(=O)(CC(=Nc1cccc(Cl)c1)Nc1cccc(Cl)c1)OCC. The van der Waals surface area contributed by atoms with Crippen LogP contribution in [0, 0.1) is 0 Å². The van der Waals surface area contributed by atoms with Crippen LogP contribution in [0.2, 0.25) is 10.0 Å². The molecule has 0 aromatic heterocycles. The highest BCUT2D eigenvalue weighted by molar-refractivity contribution is 7.55. The van der Waals surface area contributed by atoms with Crippen LogP contribution in [0.1, 0.15) is 13.8 Å². The monoisotopic (exact) mass is 414 g/mol. The maximum Gasteiger partial charge on any atom is 0.338 e. The van der Waals surface area contributed by atoms with Gasteiger partial charge in [-0.3, -0.25) is 4.57 Å². The van der Waals surface area contributed by atoms with Crippen molar-refractivity contribution in [1.82, 2.24) is 0 Å². The van der Waals surface area contributed by atoms with E-state index in [1.165, 1.54) is 0 Å². The molecule has 0 saturated heterocycles. The van der Waals surface area contributed by atoms with Crippen molar-refractivity contribution in [3.63, 3.8) is 0 Å². The van der Waals surface area contributed by atoms with E-state index in [0.29, 0.717) is 21.6 Å². The van der Waals surface area contributed by atoms with Crippen LogP contribution in [-0.4, -0.2) is 25.2 Å². The second-order valence-electron chi connectivity index (χ2n) is 5.28. The molecule has 0 aliphatic carbocycles. The molecule has 0 unspecified atom stereocenters. The number of amidine groups is 1. The molecule has 5 nitrogen and oxygen atoms in total. The normalized spacial score (nSPS) is 12.2. The van der Waals surface area contributed by atoms with Crippen LogP contribution in [0.3, 0.4) is 0 Å². The van der Waals surface area contributed by atoms with E-state index in [-0.39, 0.29) is 19.4 Å². The molecule has 2 rings (SSSR count). The number of anilines is 1. The summed E-state index contributed by atoms with van der Waals surface area (Å²) in [4.78, 5) is 4.54. The number of benzene rings is 2. The predicted octanol–water partition coefficient (Wildman–Crippen LogP) is 6.40. The Hall–Kier alpha value is -1.36. The highest BCUT2D eigenvalue weighted by Gasteiger charge is 2.26. The van der Waals surface area contributed by atoms with Crippen LogP contribution < -0.4 is 5.32 Å². The first-order valence-electron chi connectivity index (χ1n) is 8.18. The number of aliphatic imine (C=N–C) groups is 1. The number of hydrogen-bond acceptors (Lipinski definition) is 4. The smallest absolute Gasteiger partial charge is 0.338 e. The van der Waals surface area contributed by atoms with E-state index in [1.807, 2.05) is 12.1 Å². The number of halogens is 2. The Balaban J connectivity index is 2.35. The minimum atomic E-state index is -3.33. The van der Waals surface area contributed by atoms with Gasteiger partial charge in [0.25, 0.3) is 0 Å². The van der Waals surface area contributed by atoms with E-state index in [9.17, 15) is 4.57 Å². The second-order valence-corrected chi connectivity index (χ2v) is 8.21. The summed E-state index contributed by atoms with van der Waals surface area (Å²) in [6, 6.07) is 14.2. The Labute approximate surface area is 163 Å². The summed E-state index contributed by atoms with van der Waals surface area (Å²) in [5, 5.41) is 4.29. The molecule has 0 atom stereocenters. The fourth-order valence-electron chi connectivity index (χ4n) is 2.24. The molecule has 0 aliphatic rings. The van der Waals surface area contributed by atoms with Gasteiger partial charge in [0.05, 0.1) is 18.9 Å². The van der Waals surface area contributed by atoms with Crippen molar-refractivity contribution < 1.29 is 13.6 Å². The van der Waals surface area contributed by atoms with Crippen molar-refractivity contribution in [1.29, 1.82) is 0 Å². The molecule has 2 aromatic rings. The molecule has 0 amide bonds. The number of hydrogen-bond donors (Lipinski definition) is 1. The summed E-state index contributed by atoms with van der Waals surface area (Å²) in [7, 11) is -3.33. The topological polar surface area (TPSA) is 59.9 Å². The molecule has 26 heavy (non-hydrogen) atoms. The first-order chi connectivity index (χ1) is 12.4. The highest BCUT2D eigenvalue weighted by atomic mass is 35.5. The zero-order chi connectivity index (χ0) is 19.0. The number of rotatable bonds is 8. The van der Waals surface area contributed by atoms with Gasteiger partial charge in [-0.2, -0.15) is 0 Å². The molecular weight excluding hydrogens is 394 g/mol. The summed E-state index contributed by atoms with van der Waals surface area (Å²) in [5.41, 5.74) is 1.35. The van der Waals surface area contributed by atoms with Gasteiger partial charge in [-0.25, -0.2) is 4.99 Å². The summed E-state index contributed by atoms with van der Waals surface area (Å²) < 4.78 is 23.7. The van der Waals surface area contributed by atoms with E-state index in [2.05, 4.69) is 10.3 Å². The summed E-state index contributed by atoms with van der Waals surface area (Å²) >= 11 is 12.1. The Kier molecular flexibility index (Phi) is 8.14. The van der Waals surface area contributed by atoms with E-state index in [0.717, 1.165) is 5.69 Å². The minimum absolute atomic E-state index is 0.00624. The molecule has 0 spiro atoms. The van der Waals surface area contributed by atoms with E-state index in [4.69, 9.17) is 32.2 Å². The van der Waals surface area contributed by atoms with Gasteiger partial charge in [-0.05, 0) is 50.2 Å². The maximum atomic E-state index is 12.9. The number of nitrogens with zero attached hydrogens (tertiary/aromatic N) is 1. The largest absolute Gasteiger partial charge is 0.343 e. The van der Waals surface area contributed by atoms with Gasteiger partial charge < -0.3 is 14.4 Å². The molecule has 0 saturated carbocycles. The van der Waals surface area contributed by atoms with Crippen LogP contribution in [0.4, 0.5) is 11.4 Å². The van der Waals surface area contributed by atoms with Gasteiger partial charge in [0.2, 0.25) is 0 Å². The van der Waals surface area contributed by atoms with Gasteiger partial charge in [-0.15, -0.1) is 0 Å². The van der Waals surface area contributed by atoms with Crippen molar-refractivity contribution in [2.24, 2.45) is 4.99 Å². The van der Waals surface area contributed by atoms with Crippen LogP contribution in [0.15, 0.2) is 53.5 Å². The average molecular weight is 415 g/mol. The third-order valence-corrected chi connectivity index (χ3v) is 5.64. The predicted molar refractivity (Wildman–Crippen MR) is 109 cm³/mol. The minimum Gasteiger partial charge on any atom is -0.343 e. The third kappa shape index (κ3) is 6.75. The van der Waals surface area contributed by atoms with Gasteiger partial charge in [0, 0.05) is 15.7 Å². The lowest BCUT2D eigenvalue weighted by Gasteiger charge is -2.19. The molecule has 0 fully saturated rings. The molecule has 1 N–H and O–H groups in total. The van der Waals surface area contributed by atoms with Gasteiger partial charge in [0.1, 0.15) is 12.0 Å². The van der Waals surface area contributed by atoms with Crippen molar-refractivity contribution in [2.45, 2.75) is 13.8 Å². The van der Waals surface area contributed by atoms with Crippen molar-refractivity contribution >= 4 is 48.0 Å². The van der Waals surface area contributed by atoms with Crippen LogP contribution in [-0.2, 0) is 13.6 Å². The standard InChI is InChI=1S/C18H21Cl2N2O3P/c1-3-24-26(23,25-4-2)13-18(21-16-9-5-7-14(19)11-16)22-17-10-6-8-15(20)12-17/h5-12H,3-4,13H2,1-2H3,(H,21,22). The molecular formula is C18H21Cl2N2O3P.